The Labute approximate surface area is 167 Å². The number of amides is 2. The molecular weight excluding hydrogens is 376 g/mol. The van der Waals surface area contributed by atoms with Crippen LogP contribution in [-0.2, 0) is 9.53 Å². The SMILES string of the molecule is COC(=O)c1c(NC(=O)/C=C/c2ccc(C(=O)NC3CC3)cc2)sc(C)c1C. The van der Waals surface area contributed by atoms with Crippen LogP contribution >= 0.6 is 11.3 Å². The number of hydrogen-bond acceptors (Lipinski definition) is 5. The second-order valence-corrected chi connectivity index (χ2v) is 7.90. The molecule has 1 aromatic heterocycles. The third-order valence-electron chi connectivity index (χ3n) is 4.52. The number of carbonyl (C=O) groups excluding carboxylic acids is 3. The van der Waals surface area contributed by atoms with Gasteiger partial charge in [-0.2, -0.15) is 0 Å². The highest BCUT2D eigenvalue weighted by molar-refractivity contribution is 7.16. The van der Waals surface area contributed by atoms with E-state index in [0.717, 1.165) is 28.8 Å². The normalized spacial score (nSPS) is 13.4. The summed E-state index contributed by atoms with van der Waals surface area (Å²) in [6.45, 7) is 3.71. The van der Waals surface area contributed by atoms with E-state index in [-0.39, 0.29) is 11.8 Å². The van der Waals surface area contributed by atoms with E-state index in [4.69, 9.17) is 4.74 Å². The molecule has 28 heavy (non-hydrogen) atoms. The Hall–Kier alpha value is -2.93. The fourth-order valence-electron chi connectivity index (χ4n) is 2.63. The van der Waals surface area contributed by atoms with Crippen molar-refractivity contribution in [3.8, 4) is 0 Å². The van der Waals surface area contributed by atoms with Crippen molar-refractivity contribution in [3.63, 3.8) is 0 Å². The molecule has 0 bridgehead atoms. The summed E-state index contributed by atoms with van der Waals surface area (Å²) in [5.74, 6) is -0.891. The van der Waals surface area contributed by atoms with Crippen LogP contribution in [0.4, 0.5) is 5.00 Å². The summed E-state index contributed by atoms with van der Waals surface area (Å²) in [6, 6.07) is 7.35. The molecule has 1 aliphatic carbocycles. The molecule has 146 valence electrons. The first-order valence-corrected chi connectivity index (χ1v) is 9.79. The zero-order valence-electron chi connectivity index (χ0n) is 16.0. The van der Waals surface area contributed by atoms with Crippen LogP contribution < -0.4 is 10.6 Å². The number of anilines is 1. The van der Waals surface area contributed by atoms with Crippen LogP contribution in [0.3, 0.4) is 0 Å². The highest BCUT2D eigenvalue weighted by Gasteiger charge is 2.23. The minimum Gasteiger partial charge on any atom is -0.465 e. The van der Waals surface area contributed by atoms with E-state index in [9.17, 15) is 14.4 Å². The Morgan fingerprint density at radius 3 is 2.43 bits per heavy atom. The average Bonchev–Trinajstić information content (AvgIpc) is 3.45. The molecule has 3 rings (SSSR count). The van der Waals surface area contributed by atoms with E-state index in [1.807, 2.05) is 13.8 Å². The first-order chi connectivity index (χ1) is 13.4. The molecule has 0 saturated heterocycles. The summed E-state index contributed by atoms with van der Waals surface area (Å²) in [7, 11) is 1.31. The topological polar surface area (TPSA) is 84.5 Å². The molecule has 1 aromatic carbocycles. The summed E-state index contributed by atoms with van der Waals surface area (Å²) in [5.41, 5.74) is 2.58. The van der Waals surface area contributed by atoms with E-state index in [0.29, 0.717) is 22.2 Å². The van der Waals surface area contributed by atoms with Crippen molar-refractivity contribution in [3.05, 3.63) is 57.5 Å². The van der Waals surface area contributed by atoms with Gasteiger partial charge in [0.25, 0.3) is 5.91 Å². The summed E-state index contributed by atoms with van der Waals surface area (Å²) in [5, 5.41) is 6.15. The molecule has 7 heteroatoms. The van der Waals surface area contributed by atoms with Crippen LogP contribution in [-0.4, -0.2) is 30.9 Å². The number of benzene rings is 1. The summed E-state index contributed by atoms with van der Waals surface area (Å²) >= 11 is 1.34. The Morgan fingerprint density at radius 1 is 1.14 bits per heavy atom. The predicted octanol–water partition coefficient (Wildman–Crippen LogP) is 3.70. The second kappa shape index (κ2) is 8.39. The second-order valence-electron chi connectivity index (χ2n) is 6.67. The molecule has 0 unspecified atom stereocenters. The van der Waals surface area contributed by atoms with E-state index in [2.05, 4.69) is 10.6 Å². The maximum Gasteiger partial charge on any atom is 0.341 e. The molecule has 1 saturated carbocycles. The van der Waals surface area contributed by atoms with Crippen molar-refractivity contribution in [1.82, 2.24) is 5.32 Å². The van der Waals surface area contributed by atoms with Gasteiger partial charge in [0.1, 0.15) is 5.00 Å². The van der Waals surface area contributed by atoms with Gasteiger partial charge >= 0.3 is 5.97 Å². The summed E-state index contributed by atoms with van der Waals surface area (Å²) in [4.78, 5) is 37.2. The zero-order valence-corrected chi connectivity index (χ0v) is 16.8. The first kappa shape index (κ1) is 19.8. The van der Waals surface area contributed by atoms with Crippen LogP contribution in [0.1, 0.15) is 49.6 Å². The average molecular weight is 398 g/mol. The lowest BCUT2D eigenvalue weighted by atomic mass is 10.1. The number of esters is 1. The molecule has 0 radical (unpaired) electrons. The number of aryl methyl sites for hydroxylation is 1. The number of ether oxygens (including phenoxy) is 1. The lowest BCUT2D eigenvalue weighted by Crippen LogP contribution is -2.25. The standard InChI is InChI=1S/C21H22N2O4S/c1-12-13(2)28-20(18(12)21(26)27-3)23-17(24)11-6-14-4-7-15(8-5-14)19(25)22-16-9-10-16/h4-8,11,16H,9-10H2,1-3H3,(H,22,25)(H,23,24)/b11-6+. The van der Waals surface area contributed by atoms with Gasteiger partial charge in [0.05, 0.1) is 12.7 Å². The van der Waals surface area contributed by atoms with Crippen LogP contribution in [0.5, 0.6) is 0 Å². The zero-order chi connectivity index (χ0) is 20.3. The largest absolute Gasteiger partial charge is 0.465 e. The maximum absolute atomic E-state index is 12.3. The van der Waals surface area contributed by atoms with Crippen LogP contribution in [0.2, 0.25) is 0 Å². The van der Waals surface area contributed by atoms with Crippen LogP contribution in [0, 0.1) is 13.8 Å². The number of hydrogen-bond donors (Lipinski definition) is 2. The molecule has 0 aliphatic heterocycles. The van der Waals surface area contributed by atoms with Crippen molar-refractivity contribution in [1.29, 1.82) is 0 Å². The minimum absolute atomic E-state index is 0.0745. The molecule has 1 fully saturated rings. The van der Waals surface area contributed by atoms with Gasteiger partial charge in [0.2, 0.25) is 5.91 Å². The molecular formula is C21H22N2O4S. The van der Waals surface area contributed by atoms with E-state index in [1.54, 1.807) is 30.3 Å². The summed E-state index contributed by atoms with van der Waals surface area (Å²) < 4.78 is 4.81. The van der Waals surface area contributed by atoms with Gasteiger partial charge in [0, 0.05) is 22.6 Å². The van der Waals surface area contributed by atoms with Crippen molar-refractivity contribution in [2.24, 2.45) is 0 Å². The van der Waals surface area contributed by atoms with Gasteiger partial charge < -0.3 is 15.4 Å². The highest BCUT2D eigenvalue weighted by atomic mass is 32.1. The van der Waals surface area contributed by atoms with Crippen molar-refractivity contribution in [2.45, 2.75) is 32.7 Å². The van der Waals surface area contributed by atoms with Crippen molar-refractivity contribution >= 4 is 40.2 Å². The molecule has 2 aromatic rings. The van der Waals surface area contributed by atoms with Gasteiger partial charge in [-0.3, -0.25) is 9.59 Å². The van der Waals surface area contributed by atoms with Gasteiger partial charge in [0.15, 0.2) is 0 Å². The van der Waals surface area contributed by atoms with Gasteiger partial charge in [-0.05, 0) is 56.0 Å². The fourth-order valence-corrected chi connectivity index (χ4v) is 3.68. The van der Waals surface area contributed by atoms with E-state index >= 15 is 0 Å². The Bertz CT molecular complexity index is 940. The Balaban J connectivity index is 1.65. The minimum atomic E-state index is -0.471. The van der Waals surface area contributed by atoms with Crippen LogP contribution in [0.15, 0.2) is 30.3 Å². The maximum atomic E-state index is 12.3. The molecule has 2 N–H and O–H groups in total. The van der Waals surface area contributed by atoms with Crippen molar-refractivity contribution in [2.75, 3.05) is 12.4 Å². The third-order valence-corrected chi connectivity index (χ3v) is 5.65. The van der Waals surface area contributed by atoms with Gasteiger partial charge in [-0.15, -0.1) is 11.3 Å². The predicted molar refractivity (Wildman–Crippen MR) is 110 cm³/mol. The van der Waals surface area contributed by atoms with Crippen molar-refractivity contribution < 1.29 is 19.1 Å². The number of carbonyl (C=O) groups is 3. The quantitative estimate of drug-likeness (QED) is 0.574. The number of thiophene rings is 1. The highest BCUT2D eigenvalue weighted by Crippen LogP contribution is 2.32. The summed E-state index contributed by atoms with van der Waals surface area (Å²) in [6.07, 6.45) is 5.14. The Morgan fingerprint density at radius 2 is 1.82 bits per heavy atom. The number of methoxy groups -OCH3 is 1. The van der Waals surface area contributed by atoms with E-state index in [1.165, 1.54) is 24.5 Å². The number of nitrogens with one attached hydrogen (secondary N) is 2. The Kier molecular flexibility index (Phi) is 5.94. The third kappa shape index (κ3) is 4.67. The monoisotopic (exact) mass is 398 g/mol. The molecule has 0 atom stereocenters. The lowest BCUT2D eigenvalue weighted by molar-refractivity contribution is -0.111. The molecule has 1 heterocycles. The lowest BCUT2D eigenvalue weighted by Gasteiger charge is -2.04. The molecule has 2 amide bonds. The van der Waals surface area contributed by atoms with Crippen LogP contribution in [0.25, 0.3) is 6.08 Å². The first-order valence-electron chi connectivity index (χ1n) is 8.97. The smallest absolute Gasteiger partial charge is 0.341 e. The van der Waals surface area contributed by atoms with Gasteiger partial charge in [-0.1, -0.05) is 12.1 Å². The number of rotatable bonds is 6. The van der Waals surface area contributed by atoms with Gasteiger partial charge in [-0.25, -0.2) is 4.79 Å². The van der Waals surface area contributed by atoms with E-state index < -0.39 is 5.97 Å². The molecule has 1 aliphatic rings. The fraction of sp³-hybridized carbons (Fsp3) is 0.286. The molecule has 6 nitrogen and oxygen atoms in total. The molecule has 0 spiro atoms.